The predicted octanol–water partition coefficient (Wildman–Crippen LogP) is 0.862. The normalized spacial score (nSPS) is 15.6. The van der Waals surface area contributed by atoms with E-state index in [1.807, 2.05) is 30.3 Å². The lowest BCUT2D eigenvalue weighted by Gasteiger charge is -2.26. The summed E-state index contributed by atoms with van der Waals surface area (Å²) in [4.78, 5) is 40.2. The van der Waals surface area contributed by atoms with E-state index in [9.17, 15) is 14.4 Å². The van der Waals surface area contributed by atoms with Gasteiger partial charge >= 0.3 is 0 Å². The highest BCUT2D eigenvalue weighted by atomic mass is 16.2. The molecule has 1 aromatic carbocycles. The molecule has 1 atom stereocenters. The van der Waals surface area contributed by atoms with E-state index in [0.29, 0.717) is 24.1 Å². The number of hydrogen-bond acceptors (Lipinski definition) is 5. The Labute approximate surface area is 159 Å². The number of pyridine rings is 1. The van der Waals surface area contributed by atoms with Crippen LogP contribution in [0.4, 0.5) is 0 Å². The Hall–Kier alpha value is -3.75. The molecular weight excluding hydrogens is 360 g/mol. The van der Waals surface area contributed by atoms with E-state index in [0.717, 1.165) is 12.1 Å². The maximum Gasteiger partial charge on any atom is 0.273 e. The van der Waals surface area contributed by atoms with Crippen LogP contribution < -0.4 is 16.6 Å². The van der Waals surface area contributed by atoms with Gasteiger partial charge in [0.1, 0.15) is 5.56 Å². The SMILES string of the molecule is NC(=O)c1cc2c([nH]c1=O)CCCC2NC(=O)c1cnn(-c2ccccc2)n1. The zero-order chi connectivity index (χ0) is 19.7. The van der Waals surface area contributed by atoms with Crippen molar-refractivity contribution in [2.45, 2.75) is 25.3 Å². The molecule has 2 heterocycles. The largest absolute Gasteiger partial charge is 0.365 e. The van der Waals surface area contributed by atoms with Crippen molar-refractivity contribution in [3.05, 3.63) is 75.5 Å². The number of carbonyl (C=O) groups is 2. The third-order valence-corrected chi connectivity index (χ3v) is 4.73. The fourth-order valence-electron chi connectivity index (χ4n) is 3.36. The van der Waals surface area contributed by atoms with Crippen LogP contribution in [0.2, 0.25) is 0 Å². The lowest BCUT2D eigenvalue weighted by molar-refractivity contribution is 0.0926. The van der Waals surface area contributed by atoms with Gasteiger partial charge in [-0.05, 0) is 43.0 Å². The number of aromatic amines is 1. The van der Waals surface area contributed by atoms with Crippen LogP contribution in [0.15, 0.2) is 47.4 Å². The molecule has 0 aliphatic heterocycles. The molecule has 2 aromatic heterocycles. The highest BCUT2D eigenvalue weighted by Gasteiger charge is 2.26. The zero-order valence-electron chi connectivity index (χ0n) is 14.9. The van der Waals surface area contributed by atoms with Gasteiger partial charge in [-0.3, -0.25) is 14.4 Å². The minimum Gasteiger partial charge on any atom is -0.365 e. The van der Waals surface area contributed by atoms with Crippen molar-refractivity contribution in [1.29, 1.82) is 0 Å². The third-order valence-electron chi connectivity index (χ3n) is 4.73. The van der Waals surface area contributed by atoms with E-state index in [-0.39, 0.29) is 23.2 Å². The molecule has 2 amide bonds. The molecule has 1 aliphatic carbocycles. The number of nitrogens with zero attached hydrogens (tertiary/aromatic N) is 3. The van der Waals surface area contributed by atoms with Crippen molar-refractivity contribution in [2.75, 3.05) is 0 Å². The van der Waals surface area contributed by atoms with Gasteiger partial charge in [0.25, 0.3) is 17.4 Å². The second-order valence-electron chi connectivity index (χ2n) is 6.58. The first-order valence-electron chi connectivity index (χ1n) is 8.87. The first-order chi connectivity index (χ1) is 13.5. The molecule has 0 bridgehead atoms. The summed E-state index contributed by atoms with van der Waals surface area (Å²) in [6, 6.07) is 10.4. The first kappa shape index (κ1) is 17.7. The molecule has 4 N–H and O–H groups in total. The van der Waals surface area contributed by atoms with E-state index >= 15 is 0 Å². The Morgan fingerprint density at radius 3 is 2.79 bits per heavy atom. The summed E-state index contributed by atoms with van der Waals surface area (Å²) >= 11 is 0. The van der Waals surface area contributed by atoms with Crippen molar-refractivity contribution < 1.29 is 9.59 Å². The Kier molecular flexibility index (Phi) is 4.48. The highest BCUT2D eigenvalue weighted by molar-refractivity contribution is 5.93. The van der Waals surface area contributed by atoms with Crippen molar-refractivity contribution in [3.63, 3.8) is 0 Å². The van der Waals surface area contributed by atoms with E-state index in [4.69, 9.17) is 5.73 Å². The van der Waals surface area contributed by atoms with Gasteiger partial charge in [-0.1, -0.05) is 18.2 Å². The Balaban J connectivity index is 1.58. The number of para-hydroxylation sites is 1. The summed E-state index contributed by atoms with van der Waals surface area (Å²) in [5, 5.41) is 11.3. The maximum absolute atomic E-state index is 12.7. The first-order valence-corrected chi connectivity index (χ1v) is 8.87. The van der Waals surface area contributed by atoms with E-state index in [1.54, 1.807) is 0 Å². The fraction of sp³-hybridized carbons (Fsp3) is 0.211. The number of nitrogens with one attached hydrogen (secondary N) is 2. The number of aryl methyl sites for hydroxylation is 1. The standard InChI is InChI=1S/C19H18N6O3/c20-17(26)13-9-12-14(22-18(13)27)7-4-8-15(12)23-19(28)16-10-21-25(24-16)11-5-2-1-3-6-11/h1-3,5-6,9-10,15H,4,7-8H2,(H2,20,26)(H,22,27)(H,23,28). The lowest BCUT2D eigenvalue weighted by atomic mass is 9.90. The molecule has 0 radical (unpaired) electrons. The maximum atomic E-state index is 12.7. The zero-order valence-corrected chi connectivity index (χ0v) is 14.9. The van der Waals surface area contributed by atoms with E-state index in [2.05, 4.69) is 20.5 Å². The number of hydrogen-bond donors (Lipinski definition) is 3. The molecule has 0 saturated heterocycles. The summed E-state index contributed by atoms with van der Waals surface area (Å²) in [6.45, 7) is 0. The smallest absolute Gasteiger partial charge is 0.273 e. The molecule has 28 heavy (non-hydrogen) atoms. The average molecular weight is 378 g/mol. The Bertz CT molecular complexity index is 1100. The van der Waals surface area contributed by atoms with Gasteiger partial charge in [-0.2, -0.15) is 9.90 Å². The summed E-state index contributed by atoms with van der Waals surface area (Å²) in [5.74, 6) is -1.18. The third kappa shape index (κ3) is 3.29. The molecule has 1 unspecified atom stereocenters. The van der Waals surface area contributed by atoms with Gasteiger partial charge in [0.15, 0.2) is 5.69 Å². The number of nitrogens with two attached hydrogens (primary N) is 1. The molecule has 0 spiro atoms. The van der Waals surface area contributed by atoms with Gasteiger partial charge in [-0.25, -0.2) is 0 Å². The second-order valence-corrected chi connectivity index (χ2v) is 6.58. The molecule has 0 saturated carbocycles. The minimum absolute atomic E-state index is 0.116. The molecule has 3 aromatic rings. The van der Waals surface area contributed by atoms with Gasteiger partial charge in [0.05, 0.1) is 17.9 Å². The summed E-state index contributed by atoms with van der Waals surface area (Å²) in [6.07, 6.45) is 3.53. The number of carbonyl (C=O) groups excluding carboxylic acids is 2. The summed E-state index contributed by atoms with van der Waals surface area (Å²) in [5.41, 5.74) is 6.98. The van der Waals surface area contributed by atoms with Crippen LogP contribution in [0.5, 0.6) is 0 Å². The topological polar surface area (TPSA) is 136 Å². The fourth-order valence-corrected chi connectivity index (χ4v) is 3.36. The Morgan fingerprint density at radius 2 is 2.04 bits per heavy atom. The molecular formula is C19H18N6O3. The Morgan fingerprint density at radius 1 is 1.25 bits per heavy atom. The van der Waals surface area contributed by atoms with Crippen LogP contribution in [-0.4, -0.2) is 31.8 Å². The molecule has 1 aliphatic rings. The van der Waals surface area contributed by atoms with Gasteiger partial charge in [-0.15, -0.1) is 5.10 Å². The van der Waals surface area contributed by atoms with Crippen LogP contribution in [0.25, 0.3) is 5.69 Å². The monoisotopic (exact) mass is 378 g/mol. The quantitative estimate of drug-likeness (QED) is 0.619. The number of benzene rings is 1. The number of H-pyrrole nitrogens is 1. The van der Waals surface area contributed by atoms with Crippen LogP contribution in [0, 0.1) is 0 Å². The predicted molar refractivity (Wildman–Crippen MR) is 100 cm³/mol. The van der Waals surface area contributed by atoms with E-state index in [1.165, 1.54) is 17.1 Å². The minimum atomic E-state index is -0.800. The van der Waals surface area contributed by atoms with Crippen LogP contribution in [0.1, 0.15) is 51.0 Å². The average Bonchev–Trinajstić information content (AvgIpc) is 3.18. The van der Waals surface area contributed by atoms with Gasteiger partial charge in [0, 0.05) is 5.69 Å². The van der Waals surface area contributed by atoms with Crippen LogP contribution >= 0.6 is 0 Å². The van der Waals surface area contributed by atoms with Crippen LogP contribution in [-0.2, 0) is 6.42 Å². The van der Waals surface area contributed by atoms with Gasteiger partial charge in [0.2, 0.25) is 0 Å². The van der Waals surface area contributed by atoms with Crippen molar-refractivity contribution in [1.82, 2.24) is 25.3 Å². The molecule has 9 nitrogen and oxygen atoms in total. The van der Waals surface area contributed by atoms with Crippen LogP contribution in [0.3, 0.4) is 0 Å². The van der Waals surface area contributed by atoms with Gasteiger partial charge < -0.3 is 16.0 Å². The van der Waals surface area contributed by atoms with Crippen molar-refractivity contribution in [2.24, 2.45) is 5.73 Å². The second kappa shape index (κ2) is 7.10. The number of amides is 2. The molecule has 4 rings (SSSR count). The number of aromatic nitrogens is 4. The van der Waals surface area contributed by atoms with Crippen molar-refractivity contribution in [3.8, 4) is 5.69 Å². The molecule has 142 valence electrons. The van der Waals surface area contributed by atoms with Crippen molar-refractivity contribution >= 4 is 11.8 Å². The summed E-state index contributed by atoms with van der Waals surface area (Å²) < 4.78 is 0. The molecule has 0 fully saturated rings. The van der Waals surface area contributed by atoms with E-state index < -0.39 is 11.5 Å². The number of fused-ring (bicyclic) bond motifs is 1. The highest BCUT2D eigenvalue weighted by Crippen LogP contribution is 2.28. The lowest BCUT2D eigenvalue weighted by Crippen LogP contribution is -2.34. The number of primary amides is 1. The number of rotatable bonds is 4. The molecule has 9 heteroatoms. The summed E-state index contributed by atoms with van der Waals surface area (Å²) in [7, 11) is 0.